The van der Waals surface area contributed by atoms with E-state index in [0.29, 0.717) is 16.2 Å². The van der Waals surface area contributed by atoms with Crippen molar-refractivity contribution in [3.63, 3.8) is 0 Å². The van der Waals surface area contributed by atoms with Gasteiger partial charge in [-0.15, -0.1) is 65.4 Å². The van der Waals surface area contributed by atoms with E-state index >= 15 is 0 Å². The van der Waals surface area contributed by atoms with Crippen LogP contribution in [0.15, 0.2) is 95.7 Å². The maximum Gasteiger partial charge on any atom is 0.216 e. The van der Waals surface area contributed by atoms with E-state index in [4.69, 9.17) is 7.16 Å². The summed E-state index contributed by atoms with van der Waals surface area (Å²) in [5, 5.41) is 2.92. The van der Waals surface area contributed by atoms with Gasteiger partial charge in [0.1, 0.15) is 0 Å². The summed E-state index contributed by atoms with van der Waals surface area (Å²) in [6.45, 7) is 7.72. The Balaban J connectivity index is 0.000000238. The average molecular weight is 734 g/mol. The van der Waals surface area contributed by atoms with Crippen molar-refractivity contribution in [2.75, 3.05) is 0 Å². The predicted molar refractivity (Wildman–Crippen MR) is 165 cm³/mol. The quantitative estimate of drug-likeness (QED) is 0.170. The number of aromatic nitrogens is 3. The van der Waals surface area contributed by atoms with Gasteiger partial charge >= 0.3 is 0 Å². The normalized spacial score (nSPS) is 12.4. The Morgan fingerprint density at radius 1 is 0.902 bits per heavy atom. The molecular weight excluding hydrogens is 703 g/mol. The van der Waals surface area contributed by atoms with Crippen molar-refractivity contribution < 1.29 is 27.3 Å². The zero-order chi connectivity index (χ0) is 29.5. The van der Waals surface area contributed by atoms with E-state index < -0.39 is 11.8 Å². The molecular formula is C35H29IrN3OS-2. The minimum atomic E-state index is -1.45. The Labute approximate surface area is 260 Å². The molecule has 0 aliphatic heterocycles. The molecule has 0 atom stereocenters. The van der Waals surface area contributed by atoms with Gasteiger partial charge in [0.25, 0.3) is 0 Å². The third-order valence-corrected chi connectivity index (χ3v) is 7.33. The first-order valence-electron chi connectivity index (χ1n) is 14.1. The van der Waals surface area contributed by atoms with Gasteiger partial charge in [-0.2, -0.15) is 0 Å². The maximum absolute atomic E-state index is 8.67. The van der Waals surface area contributed by atoms with Gasteiger partial charge in [0, 0.05) is 61.6 Å². The van der Waals surface area contributed by atoms with E-state index in [1.54, 1.807) is 12.4 Å². The molecule has 6 heteroatoms. The number of aryl methyl sites for hydroxylation is 1. The zero-order valence-corrected chi connectivity index (χ0v) is 26.4. The molecule has 0 saturated carbocycles. The van der Waals surface area contributed by atoms with Gasteiger partial charge < -0.3 is 14.4 Å². The number of nitrogens with zero attached hydrogens (tertiary/aromatic N) is 3. The number of hydrogen-bond acceptors (Lipinski definition) is 5. The van der Waals surface area contributed by atoms with E-state index in [0.717, 1.165) is 49.1 Å². The third kappa shape index (κ3) is 6.30. The van der Waals surface area contributed by atoms with Gasteiger partial charge in [-0.05, 0) is 60.1 Å². The maximum atomic E-state index is 8.67. The smallest absolute Gasteiger partial charge is 0.216 e. The monoisotopic (exact) mass is 734 g/mol. The van der Waals surface area contributed by atoms with E-state index in [2.05, 4.69) is 27.1 Å². The second kappa shape index (κ2) is 12.0. The Kier molecular flexibility index (Phi) is 7.70. The van der Waals surface area contributed by atoms with Crippen LogP contribution in [0.5, 0.6) is 0 Å². The SMILES string of the molecule is [2H]C([2H])(c1cc2ccnc(-c3[c-]ccc4c3oc3nc(C)ccc34)c2s1)C(C)(C)C.[Ir].[c-]1ccccc1-c1ccccn1. The summed E-state index contributed by atoms with van der Waals surface area (Å²) in [5.74, 6) is 0. The van der Waals surface area contributed by atoms with Gasteiger partial charge in [0.2, 0.25) is 5.71 Å². The topological polar surface area (TPSA) is 51.8 Å². The minimum Gasteiger partial charge on any atom is -0.486 e. The standard InChI is InChI=1S/C24H21N2OS.C11H8N.Ir/c1-14-8-9-18-17-6-5-7-19(21(17)27-23(18)26-14)20-22-15(10-11-25-20)12-16(28-22)13-24(2,3)4;1-2-6-10(7-3-1)11-8-4-5-9-12-11;/h5-6,8-12H,13H2,1-4H3;1-6,8-9H;/q2*-1;/i13D2;;. The van der Waals surface area contributed by atoms with Crippen molar-refractivity contribution in [3.8, 4) is 22.5 Å². The number of fused-ring (bicyclic) bond motifs is 4. The van der Waals surface area contributed by atoms with Crippen LogP contribution in [-0.4, -0.2) is 15.0 Å². The van der Waals surface area contributed by atoms with Crippen molar-refractivity contribution in [3.05, 3.63) is 114 Å². The van der Waals surface area contributed by atoms with E-state index in [1.807, 2.05) is 107 Å². The van der Waals surface area contributed by atoms with E-state index in [1.165, 1.54) is 11.3 Å². The number of hydrogen-bond donors (Lipinski definition) is 0. The molecule has 0 N–H and O–H groups in total. The van der Waals surface area contributed by atoms with Crippen LogP contribution in [0.4, 0.5) is 0 Å². The number of furan rings is 1. The molecule has 2 aromatic carbocycles. The van der Waals surface area contributed by atoms with E-state index in [-0.39, 0.29) is 20.1 Å². The molecule has 0 unspecified atom stereocenters. The second-order valence-corrected chi connectivity index (χ2v) is 11.6. The summed E-state index contributed by atoms with van der Waals surface area (Å²) in [6.07, 6.45) is 2.10. The Morgan fingerprint density at radius 3 is 2.51 bits per heavy atom. The van der Waals surface area contributed by atoms with Crippen LogP contribution >= 0.6 is 11.3 Å². The summed E-state index contributed by atoms with van der Waals surface area (Å²) < 4.78 is 24.4. The van der Waals surface area contributed by atoms with Crippen LogP contribution in [0.1, 0.15) is 34.1 Å². The summed E-state index contributed by atoms with van der Waals surface area (Å²) >= 11 is 1.46. The van der Waals surface area contributed by atoms with Crippen LogP contribution in [0.25, 0.3) is 54.7 Å². The van der Waals surface area contributed by atoms with Gasteiger partial charge in [-0.25, -0.2) is 4.98 Å². The number of pyridine rings is 3. The summed E-state index contributed by atoms with van der Waals surface area (Å²) in [7, 11) is 0. The van der Waals surface area contributed by atoms with Crippen LogP contribution < -0.4 is 0 Å². The minimum absolute atomic E-state index is 0. The molecule has 0 fully saturated rings. The first-order chi connectivity index (χ1) is 20.1. The van der Waals surface area contributed by atoms with Gasteiger partial charge in [0.05, 0.1) is 5.58 Å². The molecule has 207 valence electrons. The van der Waals surface area contributed by atoms with Crippen LogP contribution in [0, 0.1) is 24.5 Å². The molecule has 0 amide bonds. The van der Waals surface area contributed by atoms with Crippen LogP contribution in [0.2, 0.25) is 0 Å². The third-order valence-electron chi connectivity index (χ3n) is 6.26. The van der Waals surface area contributed by atoms with Crippen molar-refractivity contribution in [2.24, 2.45) is 5.41 Å². The summed E-state index contributed by atoms with van der Waals surface area (Å²) in [6, 6.07) is 31.9. The van der Waals surface area contributed by atoms with Crippen molar-refractivity contribution >= 4 is 43.5 Å². The van der Waals surface area contributed by atoms with E-state index in [9.17, 15) is 0 Å². The first kappa shape index (κ1) is 26.2. The van der Waals surface area contributed by atoms with Crippen molar-refractivity contribution in [2.45, 2.75) is 34.1 Å². The fraction of sp³-hybridized carbons (Fsp3) is 0.171. The van der Waals surface area contributed by atoms with Gasteiger partial charge in [-0.3, -0.25) is 0 Å². The predicted octanol–water partition coefficient (Wildman–Crippen LogP) is 9.50. The Bertz CT molecular complexity index is 1980. The van der Waals surface area contributed by atoms with Crippen LogP contribution in [0.3, 0.4) is 0 Å². The van der Waals surface area contributed by atoms with Crippen LogP contribution in [-0.2, 0) is 26.5 Å². The number of thiophene rings is 1. The Hall–Kier alpha value is -3.70. The molecule has 5 aromatic heterocycles. The molecule has 0 aliphatic carbocycles. The molecule has 4 nitrogen and oxygen atoms in total. The molecule has 7 aromatic rings. The van der Waals surface area contributed by atoms with Gasteiger partial charge in [0.15, 0.2) is 0 Å². The molecule has 41 heavy (non-hydrogen) atoms. The number of benzene rings is 2. The molecule has 1 radical (unpaired) electrons. The van der Waals surface area contributed by atoms with Crippen molar-refractivity contribution in [1.82, 2.24) is 15.0 Å². The second-order valence-electron chi connectivity index (χ2n) is 10.6. The molecule has 7 rings (SSSR count). The average Bonchev–Trinajstić information content (AvgIpc) is 3.60. The summed E-state index contributed by atoms with van der Waals surface area (Å²) in [5.41, 5.74) is 5.24. The molecule has 0 aliphatic rings. The zero-order valence-electron chi connectivity index (χ0n) is 25.2. The first-order valence-corrected chi connectivity index (χ1v) is 13.9. The number of rotatable bonds is 3. The van der Waals surface area contributed by atoms with Gasteiger partial charge in [-0.1, -0.05) is 43.9 Å². The fourth-order valence-electron chi connectivity index (χ4n) is 4.54. The Morgan fingerprint density at radius 2 is 1.76 bits per heavy atom. The molecule has 0 spiro atoms. The molecule has 0 bridgehead atoms. The summed E-state index contributed by atoms with van der Waals surface area (Å²) in [4.78, 5) is 14.1. The fourth-order valence-corrected chi connectivity index (χ4v) is 5.80. The molecule has 0 saturated heterocycles. The molecule has 5 heterocycles. The largest absolute Gasteiger partial charge is 0.486 e. The van der Waals surface area contributed by atoms with Crippen molar-refractivity contribution in [1.29, 1.82) is 0 Å².